The van der Waals surface area contributed by atoms with Crippen LogP contribution in [-0.4, -0.2) is 59.8 Å². The zero-order valence-electron chi connectivity index (χ0n) is 9.66. The molecule has 0 aromatic carbocycles. The van der Waals surface area contributed by atoms with Gasteiger partial charge < -0.3 is 24.4 Å². The zero-order valence-corrected chi connectivity index (χ0v) is 9.66. The van der Waals surface area contributed by atoms with Gasteiger partial charge >= 0.3 is 11.9 Å². The third kappa shape index (κ3) is 3.39. The number of rotatable bonds is 3. The highest BCUT2D eigenvalue weighted by atomic mass is 16.6. The topological polar surface area (TPSA) is 102 Å². The molecule has 1 saturated heterocycles. The Morgan fingerprint density at radius 2 is 2.06 bits per heavy atom. The van der Waals surface area contributed by atoms with Crippen molar-refractivity contribution in [1.29, 1.82) is 0 Å². The number of hydrogen-bond acceptors (Lipinski definition) is 7. The first-order valence-corrected chi connectivity index (χ1v) is 5.29. The number of carbonyl (C=O) groups excluding carboxylic acids is 2. The Labute approximate surface area is 98.3 Å². The molecule has 0 amide bonds. The van der Waals surface area contributed by atoms with Crippen LogP contribution in [0.25, 0.3) is 0 Å². The Kier molecular flexibility index (Phi) is 4.86. The smallest absolute Gasteiger partial charge is 0.339 e. The van der Waals surface area contributed by atoms with Gasteiger partial charge in [0.05, 0.1) is 13.2 Å². The van der Waals surface area contributed by atoms with Crippen molar-refractivity contribution in [2.24, 2.45) is 0 Å². The van der Waals surface area contributed by atoms with E-state index in [0.717, 1.165) is 6.92 Å². The Morgan fingerprint density at radius 3 is 2.59 bits per heavy atom. The Balaban J connectivity index is 2.78. The second-order valence-electron chi connectivity index (χ2n) is 3.64. The minimum absolute atomic E-state index is 0.143. The molecule has 2 N–H and O–H groups in total. The summed E-state index contributed by atoms with van der Waals surface area (Å²) >= 11 is 0. The van der Waals surface area contributed by atoms with Crippen molar-refractivity contribution in [2.75, 3.05) is 13.2 Å². The second-order valence-corrected chi connectivity index (χ2v) is 3.64. The molecule has 1 rings (SSSR count). The lowest BCUT2D eigenvalue weighted by Crippen LogP contribution is -2.57. The monoisotopic (exact) mass is 248 g/mol. The predicted octanol–water partition coefficient (Wildman–Crippen LogP) is -1.40. The second kappa shape index (κ2) is 5.95. The molecular formula is C10H16O7. The first-order valence-electron chi connectivity index (χ1n) is 5.29. The number of ether oxygens (including phenoxy) is 3. The number of carbonyl (C=O) groups is 2. The quantitative estimate of drug-likeness (QED) is 0.592. The van der Waals surface area contributed by atoms with E-state index in [1.807, 2.05) is 0 Å². The van der Waals surface area contributed by atoms with E-state index in [1.165, 1.54) is 0 Å². The zero-order chi connectivity index (χ0) is 13.0. The lowest BCUT2D eigenvalue weighted by molar-refractivity contribution is -0.216. The van der Waals surface area contributed by atoms with Crippen molar-refractivity contribution in [1.82, 2.24) is 0 Å². The summed E-state index contributed by atoms with van der Waals surface area (Å²) in [5, 5.41) is 19.0. The number of esters is 2. The molecular weight excluding hydrogens is 232 g/mol. The van der Waals surface area contributed by atoms with Crippen molar-refractivity contribution in [2.45, 2.75) is 38.3 Å². The number of aliphatic hydroxyl groups excluding tert-OH is 2. The molecule has 0 bridgehead atoms. The molecule has 7 heteroatoms. The van der Waals surface area contributed by atoms with Crippen LogP contribution in [0, 0.1) is 0 Å². The van der Waals surface area contributed by atoms with Crippen molar-refractivity contribution in [3.63, 3.8) is 0 Å². The molecule has 4 atom stereocenters. The largest absolute Gasteiger partial charge is 0.464 e. The fourth-order valence-corrected chi connectivity index (χ4v) is 1.54. The van der Waals surface area contributed by atoms with Crippen LogP contribution in [0.4, 0.5) is 0 Å². The molecule has 0 unspecified atom stereocenters. The van der Waals surface area contributed by atoms with Crippen LogP contribution in [0.5, 0.6) is 0 Å². The van der Waals surface area contributed by atoms with Crippen LogP contribution >= 0.6 is 0 Å². The number of aliphatic hydroxyl groups is 2. The summed E-state index contributed by atoms with van der Waals surface area (Å²) in [4.78, 5) is 22.4. The van der Waals surface area contributed by atoms with Crippen LogP contribution in [0.15, 0.2) is 0 Å². The van der Waals surface area contributed by atoms with Crippen LogP contribution in [-0.2, 0) is 23.8 Å². The van der Waals surface area contributed by atoms with Gasteiger partial charge in [-0.25, -0.2) is 4.79 Å². The van der Waals surface area contributed by atoms with Gasteiger partial charge in [-0.3, -0.25) is 4.79 Å². The van der Waals surface area contributed by atoms with Gasteiger partial charge in [-0.05, 0) is 6.92 Å². The molecule has 0 aromatic rings. The van der Waals surface area contributed by atoms with E-state index in [0.29, 0.717) is 0 Å². The first-order chi connectivity index (χ1) is 7.97. The fourth-order valence-electron chi connectivity index (χ4n) is 1.54. The lowest BCUT2D eigenvalue weighted by Gasteiger charge is -2.35. The van der Waals surface area contributed by atoms with Crippen molar-refractivity contribution < 1.29 is 34.0 Å². The Hall–Kier alpha value is -1.18. The highest BCUT2D eigenvalue weighted by Crippen LogP contribution is 2.20. The Morgan fingerprint density at radius 1 is 1.41 bits per heavy atom. The molecule has 17 heavy (non-hydrogen) atoms. The third-order valence-corrected chi connectivity index (χ3v) is 2.30. The minimum atomic E-state index is -1.37. The van der Waals surface area contributed by atoms with Crippen LogP contribution in [0.2, 0.25) is 0 Å². The summed E-state index contributed by atoms with van der Waals surface area (Å²) in [5.41, 5.74) is 0. The van der Waals surface area contributed by atoms with Crippen molar-refractivity contribution in [3.05, 3.63) is 0 Å². The molecule has 1 aliphatic rings. The van der Waals surface area contributed by atoms with Gasteiger partial charge in [0.2, 0.25) is 0 Å². The highest BCUT2D eigenvalue weighted by Gasteiger charge is 2.45. The molecule has 98 valence electrons. The van der Waals surface area contributed by atoms with E-state index in [2.05, 4.69) is 0 Å². The van der Waals surface area contributed by atoms with E-state index < -0.39 is 36.4 Å². The molecule has 1 heterocycles. The van der Waals surface area contributed by atoms with E-state index >= 15 is 0 Å². The molecule has 7 nitrogen and oxygen atoms in total. The van der Waals surface area contributed by atoms with Gasteiger partial charge in [0.1, 0.15) is 12.2 Å². The molecule has 0 radical (unpaired) electrons. The molecule has 0 saturated carbocycles. The summed E-state index contributed by atoms with van der Waals surface area (Å²) in [6, 6.07) is 0. The van der Waals surface area contributed by atoms with Gasteiger partial charge in [-0.1, -0.05) is 0 Å². The first kappa shape index (κ1) is 13.9. The molecule has 0 aromatic heterocycles. The van der Waals surface area contributed by atoms with Gasteiger partial charge in [0, 0.05) is 6.92 Å². The van der Waals surface area contributed by atoms with E-state index in [4.69, 9.17) is 14.2 Å². The SMILES string of the molecule is CCOC(=O)[C@H]1OC[C@H](O)[C@H](O)[C@H]1OC(C)=O. The Bertz CT molecular complexity index is 290. The van der Waals surface area contributed by atoms with Crippen LogP contribution in [0.3, 0.4) is 0 Å². The normalized spacial score (nSPS) is 32.9. The summed E-state index contributed by atoms with van der Waals surface area (Å²) in [5.74, 6) is -1.41. The standard InChI is InChI=1S/C10H16O7/c1-3-15-10(14)9-8(17-5(2)11)7(13)6(12)4-16-9/h6-9,12-13H,3-4H2,1-2H3/t6-,7-,8+,9-/m0/s1. The van der Waals surface area contributed by atoms with Crippen molar-refractivity contribution in [3.8, 4) is 0 Å². The van der Waals surface area contributed by atoms with E-state index in [1.54, 1.807) is 6.92 Å². The fraction of sp³-hybridized carbons (Fsp3) is 0.800. The molecule has 1 fully saturated rings. The van der Waals surface area contributed by atoms with E-state index in [-0.39, 0.29) is 13.2 Å². The van der Waals surface area contributed by atoms with Gasteiger partial charge in [-0.2, -0.15) is 0 Å². The maximum Gasteiger partial charge on any atom is 0.339 e. The average Bonchev–Trinajstić information content (AvgIpc) is 2.24. The maximum absolute atomic E-state index is 11.5. The predicted molar refractivity (Wildman–Crippen MR) is 53.9 cm³/mol. The van der Waals surface area contributed by atoms with Crippen LogP contribution in [0.1, 0.15) is 13.8 Å². The summed E-state index contributed by atoms with van der Waals surface area (Å²) in [7, 11) is 0. The maximum atomic E-state index is 11.5. The van der Waals surface area contributed by atoms with Gasteiger partial charge in [0.15, 0.2) is 12.2 Å². The molecule has 1 aliphatic heterocycles. The highest BCUT2D eigenvalue weighted by molar-refractivity contribution is 5.76. The summed E-state index contributed by atoms with van der Waals surface area (Å²) < 4.78 is 14.5. The van der Waals surface area contributed by atoms with Crippen molar-refractivity contribution >= 4 is 11.9 Å². The molecule has 0 spiro atoms. The third-order valence-electron chi connectivity index (χ3n) is 2.30. The summed E-state index contributed by atoms with van der Waals surface area (Å²) in [6.07, 6.45) is -5.04. The summed E-state index contributed by atoms with van der Waals surface area (Å²) in [6.45, 7) is 2.68. The van der Waals surface area contributed by atoms with E-state index in [9.17, 15) is 19.8 Å². The minimum Gasteiger partial charge on any atom is -0.464 e. The average molecular weight is 248 g/mol. The van der Waals surface area contributed by atoms with Crippen LogP contribution < -0.4 is 0 Å². The van der Waals surface area contributed by atoms with Gasteiger partial charge in [-0.15, -0.1) is 0 Å². The molecule has 0 aliphatic carbocycles. The lowest BCUT2D eigenvalue weighted by atomic mass is 10.00. The van der Waals surface area contributed by atoms with Gasteiger partial charge in [0.25, 0.3) is 0 Å². The number of hydrogen-bond donors (Lipinski definition) is 2.